The van der Waals surface area contributed by atoms with Gasteiger partial charge in [0.15, 0.2) is 9.84 Å². The number of urea groups is 1. The Morgan fingerprint density at radius 2 is 1.83 bits per heavy atom. The zero-order valence-corrected chi connectivity index (χ0v) is 14.4. The molecule has 0 saturated heterocycles. The molecule has 0 atom stereocenters. The van der Waals surface area contributed by atoms with Gasteiger partial charge in [-0.05, 0) is 36.8 Å². The smallest absolute Gasteiger partial charge is 0.319 e. The van der Waals surface area contributed by atoms with Gasteiger partial charge in [0.1, 0.15) is 12.4 Å². The molecule has 2 aromatic carbocycles. The molecule has 0 bridgehead atoms. The molecular weight excluding hydrogens is 328 g/mol. The first-order valence-corrected chi connectivity index (χ1v) is 9.29. The first kappa shape index (κ1) is 17.8. The maximum absolute atomic E-state index is 11.9. The minimum Gasteiger partial charge on any atom is -0.492 e. The normalized spacial score (nSPS) is 10.9. The summed E-state index contributed by atoms with van der Waals surface area (Å²) < 4.78 is 28.6. The average molecular weight is 348 g/mol. The van der Waals surface area contributed by atoms with Crippen LogP contribution in [-0.4, -0.2) is 33.9 Å². The maximum Gasteiger partial charge on any atom is 0.319 e. The van der Waals surface area contributed by atoms with E-state index in [1.165, 1.54) is 12.1 Å². The Morgan fingerprint density at radius 3 is 2.50 bits per heavy atom. The average Bonchev–Trinajstić information content (AvgIpc) is 2.53. The van der Waals surface area contributed by atoms with Crippen molar-refractivity contribution in [3.8, 4) is 5.75 Å². The highest BCUT2D eigenvalue weighted by Crippen LogP contribution is 2.20. The standard InChI is InChI=1S/C17H20N2O4S/c1-13-8-9-15(24(2,21)22)12-16(13)19-17(20)18-10-11-23-14-6-4-3-5-7-14/h3-9,12H,10-11H2,1-2H3,(H2,18,19,20). The lowest BCUT2D eigenvalue weighted by Crippen LogP contribution is -2.32. The molecule has 0 aliphatic rings. The van der Waals surface area contributed by atoms with Crippen LogP contribution in [0.15, 0.2) is 53.4 Å². The molecule has 0 saturated carbocycles. The molecule has 0 aliphatic heterocycles. The van der Waals surface area contributed by atoms with Crippen LogP contribution in [0.1, 0.15) is 5.56 Å². The number of sulfone groups is 1. The van der Waals surface area contributed by atoms with Gasteiger partial charge in [0.25, 0.3) is 0 Å². The molecule has 0 aromatic heterocycles. The Labute approximate surface area is 141 Å². The summed E-state index contributed by atoms with van der Waals surface area (Å²) in [5, 5.41) is 5.31. The number of ether oxygens (including phenoxy) is 1. The van der Waals surface area contributed by atoms with Crippen molar-refractivity contribution in [2.24, 2.45) is 0 Å². The van der Waals surface area contributed by atoms with E-state index in [0.717, 1.165) is 17.6 Å². The summed E-state index contributed by atoms with van der Waals surface area (Å²) in [6.45, 7) is 2.45. The fourth-order valence-corrected chi connectivity index (χ4v) is 2.63. The van der Waals surface area contributed by atoms with Crippen molar-refractivity contribution in [1.29, 1.82) is 0 Å². The summed E-state index contributed by atoms with van der Waals surface area (Å²) in [6, 6.07) is 13.5. The third-order valence-electron chi connectivity index (χ3n) is 3.28. The fourth-order valence-electron chi connectivity index (χ4n) is 1.98. The van der Waals surface area contributed by atoms with Crippen LogP contribution in [0.25, 0.3) is 0 Å². The van der Waals surface area contributed by atoms with E-state index in [0.29, 0.717) is 18.8 Å². The molecule has 0 aliphatic carbocycles. The summed E-state index contributed by atoms with van der Waals surface area (Å²) in [7, 11) is -3.32. The minimum atomic E-state index is -3.32. The molecule has 0 fully saturated rings. The van der Waals surface area contributed by atoms with Gasteiger partial charge in [-0.1, -0.05) is 24.3 Å². The maximum atomic E-state index is 11.9. The van der Waals surface area contributed by atoms with E-state index >= 15 is 0 Å². The summed E-state index contributed by atoms with van der Waals surface area (Å²) in [5.74, 6) is 0.733. The third-order valence-corrected chi connectivity index (χ3v) is 4.40. The lowest BCUT2D eigenvalue weighted by Gasteiger charge is -2.11. The number of carbonyl (C=O) groups is 1. The van der Waals surface area contributed by atoms with E-state index in [9.17, 15) is 13.2 Å². The second kappa shape index (κ2) is 7.83. The van der Waals surface area contributed by atoms with Crippen LogP contribution < -0.4 is 15.4 Å². The van der Waals surface area contributed by atoms with Gasteiger partial charge in [-0.2, -0.15) is 0 Å². The molecule has 24 heavy (non-hydrogen) atoms. The van der Waals surface area contributed by atoms with Crippen LogP contribution in [0.3, 0.4) is 0 Å². The molecule has 7 heteroatoms. The van der Waals surface area contributed by atoms with Gasteiger partial charge < -0.3 is 15.4 Å². The Kier molecular flexibility index (Phi) is 5.81. The Morgan fingerprint density at radius 1 is 1.12 bits per heavy atom. The van der Waals surface area contributed by atoms with Crippen LogP contribution in [0.5, 0.6) is 5.75 Å². The van der Waals surface area contributed by atoms with Crippen LogP contribution >= 0.6 is 0 Å². The van der Waals surface area contributed by atoms with Gasteiger partial charge in [-0.3, -0.25) is 0 Å². The first-order chi connectivity index (χ1) is 11.4. The second-order valence-electron chi connectivity index (χ2n) is 5.29. The van der Waals surface area contributed by atoms with E-state index in [1.54, 1.807) is 13.0 Å². The highest BCUT2D eigenvalue weighted by Gasteiger charge is 2.11. The SMILES string of the molecule is Cc1ccc(S(C)(=O)=O)cc1NC(=O)NCCOc1ccccc1. The number of hydrogen-bond acceptors (Lipinski definition) is 4. The largest absolute Gasteiger partial charge is 0.492 e. The molecular formula is C17H20N2O4S. The van der Waals surface area contributed by atoms with Crippen molar-refractivity contribution < 1.29 is 17.9 Å². The molecule has 2 aromatic rings. The number of amides is 2. The van der Waals surface area contributed by atoms with Crippen molar-refractivity contribution >= 4 is 21.6 Å². The summed E-state index contributed by atoms with van der Waals surface area (Å²) in [6.07, 6.45) is 1.13. The number of carbonyl (C=O) groups excluding carboxylic acids is 1. The predicted molar refractivity (Wildman–Crippen MR) is 93.2 cm³/mol. The monoisotopic (exact) mass is 348 g/mol. The zero-order chi connectivity index (χ0) is 17.6. The number of para-hydroxylation sites is 1. The Balaban J connectivity index is 1.86. The highest BCUT2D eigenvalue weighted by molar-refractivity contribution is 7.90. The third kappa shape index (κ3) is 5.27. The first-order valence-electron chi connectivity index (χ1n) is 7.39. The summed E-state index contributed by atoms with van der Waals surface area (Å²) in [4.78, 5) is 12.1. The molecule has 6 nitrogen and oxygen atoms in total. The minimum absolute atomic E-state index is 0.163. The number of rotatable bonds is 6. The number of aryl methyl sites for hydroxylation is 1. The number of hydrogen-bond donors (Lipinski definition) is 2. The van der Waals surface area contributed by atoms with Crippen LogP contribution in [0.2, 0.25) is 0 Å². The van der Waals surface area contributed by atoms with Gasteiger partial charge in [0.05, 0.1) is 11.4 Å². The predicted octanol–water partition coefficient (Wildman–Crippen LogP) is 2.60. The quantitative estimate of drug-likeness (QED) is 0.786. The number of nitrogens with one attached hydrogen (secondary N) is 2. The molecule has 2 rings (SSSR count). The molecule has 2 N–H and O–H groups in total. The van der Waals surface area contributed by atoms with Crippen molar-refractivity contribution in [1.82, 2.24) is 5.32 Å². The van der Waals surface area contributed by atoms with E-state index in [4.69, 9.17) is 4.74 Å². The van der Waals surface area contributed by atoms with E-state index in [1.807, 2.05) is 30.3 Å². The van der Waals surface area contributed by atoms with Crippen LogP contribution in [0, 0.1) is 6.92 Å². The Bertz CT molecular complexity index is 805. The van der Waals surface area contributed by atoms with E-state index in [-0.39, 0.29) is 4.90 Å². The molecule has 0 unspecified atom stereocenters. The Hall–Kier alpha value is -2.54. The lowest BCUT2D eigenvalue weighted by molar-refractivity contribution is 0.247. The van der Waals surface area contributed by atoms with E-state index < -0.39 is 15.9 Å². The van der Waals surface area contributed by atoms with Gasteiger partial charge in [-0.15, -0.1) is 0 Å². The fraction of sp³-hybridized carbons (Fsp3) is 0.235. The van der Waals surface area contributed by atoms with Crippen molar-refractivity contribution in [2.45, 2.75) is 11.8 Å². The highest BCUT2D eigenvalue weighted by atomic mass is 32.2. The van der Waals surface area contributed by atoms with Gasteiger partial charge in [-0.25, -0.2) is 13.2 Å². The molecule has 2 amide bonds. The van der Waals surface area contributed by atoms with Gasteiger partial charge in [0.2, 0.25) is 0 Å². The summed E-state index contributed by atoms with van der Waals surface area (Å²) in [5.41, 5.74) is 1.23. The van der Waals surface area contributed by atoms with Gasteiger partial charge in [0, 0.05) is 11.9 Å². The molecule has 0 spiro atoms. The van der Waals surface area contributed by atoms with Gasteiger partial charge >= 0.3 is 6.03 Å². The van der Waals surface area contributed by atoms with Crippen molar-refractivity contribution in [2.75, 3.05) is 24.7 Å². The molecule has 0 heterocycles. The van der Waals surface area contributed by atoms with Crippen LogP contribution in [-0.2, 0) is 9.84 Å². The van der Waals surface area contributed by atoms with E-state index in [2.05, 4.69) is 10.6 Å². The van der Waals surface area contributed by atoms with Crippen molar-refractivity contribution in [3.05, 3.63) is 54.1 Å². The lowest BCUT2D eigenvalue weighted by atomic mass is 10.2. The number of anilines is 1. The topological polar surface area (TPSA) is 84.5 Å². The van der Waals surface area contributed by atoms with Crippen LogP contribution in [0.4, 0.5) is 10.5 Å². The number of benzene rings is 2. The van der Waals surface area contributed by atoms with Crippen molar-refractivity contribution in [3.63, 3.8) is 0 Å². The second-order valence-corrected chi connectivity index (χ2v) is 7.31. The summed E-state index contributed by atoms with van der Waals surface area (Å²) >= 11 is 0. The molecule has 128 valence electrons. The molecule has 0 radical (unpaired) electrons. The zero-order valence-electron chi connectivity index (χ0n) is 13.6.